The van der Waals surface area contributed by atoms with Crippen LogP contribution in [0.3, 0.4) is 0 Å². The van der Waals surface area contributed by atoms with Crippen molar-refractivity contribution in [3.63, 3.8) is 0 Å². The third kappa shape index (κ3) is 5.11. The molecule has 6 heteroatoms. The molecule has 0 radical (unpaired) electrons. The number of hydrogen-bond acceptors (Lipinski definition) is 4. The Morgan fingerprint density at radius 3 is 2.52 bits per heavy atom. The van der Waals surface area contributed by atoms with Gasteiger partial charge in [0.2, 0.25) is 0 Å². The summed E-state index contributed by atoms with van der Waals surface area (Å²) in [6.07, 6.45) is 5.79. The van der Waals surface area contributed by atoms with Gasteiger partial charge in [-0.05, 0) is 44.0 Å². The molecule has 1 aromatic heterocycles. The Kier molecular flexibility index (Phi) is 6.44. The summed E-state index contributed by atoms with van der Waals surface area (Å²) in [5, 5.41) is 7.22. The second kappa shape index (κ2) is 9.79. The van der Waals surface area contributed by atoms with E-state index < -0.39 is 0 Å². The van der Waals surface area contributed by atoms with Crippen molar-refractivity contribution in [2.24, 2.45) is 0 Å². The number of anilines is 2. The molecule has 172 valence electrons. The van der Waals surface area contributed by atoms with Crippen molar-refractivity contribution >= 4 is 28.3 Å². The number of morpholine rings is 1. The first-order valence-electron chi connectivity index (χ1n) is 12.1. The van der Waals surface area contributed by atoms with Crippen LogP contribution in [0, 0.1) is 6.92 Å². The zero-order chi connectivity index (χ0) is 22.6. The van der Waals surface area contributed by atoms with Crippen LogP contribution in [0.2, 0.25) is 0 Å². The molecule has 6 nitrogen and oxygen atoms in total. The van der Waals surface area contributed by atoms with Crippen molar-refractivity contribution < 1.29 is 9.53 Å². The number of carbonyl (C=O) groups excluding carboxylic acids is 1. The van der Waals surface area contributed by atoms with Gasteiger partial charge in [-0.1, -0.05) is 49.1 Å². The van der Waals surface area contributed by atoms with Crippen LogP contribution < -0.4 is 15.5 Å². The molecule has 5 rings (SSSR count). The number of rotatable bonds is 4. The Morgan fingerprint density at radius 2 is 1.76 bits per heavy atom. The average Bonchev–Trinajstić information content (AvgIpc) is 2.85. The maximum atomic E-state index is 12.6. The highest BCUT2D eigenvalue weighted by Gasteiger charge is 2.18. The van der Waals surface area contributed by atoms with E-state index in [0.717, 1.165) is 59.5 Å². The molecule has 0 unspecified atom stereocenters. The first-order chi connectivity index (χ1) is 16.2. The van der Waals surface area contributed by atoms with Gasteiger partial charge in [-0.3, -0.25) is 0 Å². The van der Waals surface area contributed by atoms with Crippen LogP contribution in [0.15, 0.2) is 48.5 Å². The summed E-state index contributed by atoms with van der Waals surface area (Å²) in [5.41, 5.74) is 6.14. The molecule has 2 fully saturated rings. The van der Waals surface area contributed by atoms with Gasteiger partial charge in [0, 0.05) is 41.5 Å². The molecule has 0 spiro atoms. The van der Waals surface area contributed by atoms with Gasteiger partial charge in [-0.25, -0.2) is 9.78 Å². The molecule has 0 bridgehead atoms. The SMILES string of the molecule is Cc1ccc(-c2cc(N3CCOCC3)c3cc(NC(=O)NC4CCCCC4)ccc3n2)cc1. The maximum absolute atomic E-state index is 12.6. The first-order valence-corrected chi connectivity index (χ1v) is 12.1. The van der Waals surface area contributed by atoms with Crippen LogP contribution in [-0.2, 0) is 4.74 Å². The number of amides is 2. The zero-order valence-corrected chi connectivity index (χ0v) is 19.3. The van der Waals surface area contributed by atoms with Crippen molar-refractivity contribution in [3.05, 3.63) is 54.1 Å². The van der Waals surface area contributed by atoms with Crippen LogP contribution in [0.25, 0.3) is 22.2 Å². The lowest BCUT2D eigenvalue weighted by Crippen LogP contribution is -2.39. The van der Waals surface area contributed by atoms with Crippen molar-refractivity contribution in [3.8, 4) is 11.3 Å². The number of fused-ring (bicyclic) bond motifs is 1. The lowest BCUT2D eigenvalue weighted by Gasteiger charge is -2.30. The molecule has 2 aromatic carbocycles. The van der Waals surface area contributed by atoms with Crippen LogP contribution in [-0.4, -0.2) is 43.4 Å². The summed E-state index contributed by atoms with van der Waals surface area (Å²) < 4.78 is 5.59. The van der Waals surface area contributed by atoms with Gasteiger partial charge < -0.3 is 20.3 Å². The summed E-state index contributed by atoms with van der Waals surface area (Å²) in [6.45, 7) is 5.20. The van der Waals surface area contributed by atoms with Crippen molar-refractivity contribution in [1.29, 1.82) is 0 Å². The maximum Gasteiger partial charge on any atom is 0.319 e. The number of nitrogens with zero attached hydrogens (tertiary/aromatic N) is 2. The number of urea groups is 1. The van der Waals surface area contributed by atoms with Gasteiger partial charge in [-0.2, -0.15) is 0 Å². The highest BCUT2D eigenvalue weighted by molar-refractivity contribution is 5.99. The molecule has 33 heavy (non-hydrogen) atoms. The number of hydrogen-bond donors (Lipinski definition) is 2. The molecule has 0 atom stereocenters. The topological polar surface area (TPSA) is 66.5 Å². The number of ether oxygens (including phenoxy) is 1. The Balaban J connectivity index is 1.46. The van der Waals surface area contributed by atoms with Crippen molar-refractivity contribution in [2.45, 2.75) is 45.1 Å². The highest BCUT2D eigenvalue weighted by Crippen LogP contribution is 2.33. The van der Waals surface area contributed by atoms with E-state index in [-0.39, 0.29) is 12.1 Å². The van der Waals surface area contributed by atoms with Crippen molar-refractivity contribution in [1.82, 2.24) is 10.3 Å². The summed E-state index contributed by atoms with van der Waals surface area (Å²) >= 11 is 0. The largest absolute Gasteiger partial charge is 0.378 e. The Labute approximate surface area is 195 Å². The number of benzene rings is 2. The molecule has 2 aliphatic rings. The van der Waals surface area contributed by atoms with Gasteiger partial charge in [0.05, 0.1) is 24.4 Å². The van der Waals surface area contributed by atoms with Gasteiger partial charge >= 0.3 is 6.03 Å². The predicted octanol–water partition coefficient (Wildman–Crippen LogP) is 5.50. The fourth-order valence-corrected chi connectivity index (χ4v) is 4.82. The number of nitrogens with one attached hydrogen (secondary N) is 2. The second-order valence-electron chi connectivity index (χ2n) is 9.16. The van der Waals surface area contributed by atoms with Crippen LogP contribution >= 0.6 is 0 Å². The summed E-state index contributed by atoms with van der Waals surface area (Å²) in [5.74, 6) is 0. The molecular weight excluding hydrogens is 412 g/mol. The smallest absolute Gasteiger partial charge is 0.319 e. The fraction of sp³-hybridized carbons (Fsp3) is 0.407. The average molecular weight is 445 g/mol. The monoisotopic (exact) mass is 444 g/mol. The minimum Gasteiger partial charge on any atom is -0.378 e. The van der Waals surface area contributed by atoms with Gasteiger partial charge in [0.15, 0.2) is 0 Å². The molecule has 2 heterocycles. The normalized spacial score (nSPS) is 17.2. The lowest BCUT2D eigenvalue weighted by molar-refractivity contribution is 0.123. The number of aromatic nitrogens is 1. The minimum absolute atomic E-state index is 0.126. The number of aryl methyl sites for hydroxylation is 1. The highest BCUT2D eigenvalue weighted by atomic mass is 16.5. The minimum atomic E-state index is -0.126. The van der Waals surface area contributed by atoms with E-state index in [1.54, 1.807) is 0 Å². The van der Waals surface area contributed by atoms with E-state index in [2.05, 4.69) is 52.8 Å². The van der Waals surface area contributed by atoms with E-state index in [0.29, 0.717) is 13.2 Å². The Morgan fingerprint density at radius 1 is 1.00 bits per heavy atom. The lowest BCUT2D eigenvalue weighted by atomic mass is 9.96. The van der Waals surface area contributed by atoms with E-state index in [1.165, 1.54) is 24.8 Å². The molecule has 1 aliphatic heterocycles. The third-order valence-electron chi connectivity index (χ3n) is 6.68. The number of carbonyl (C=O) groups is 1. The van der Waals surface area contributed by atoms with E-state index >= 15 is 0 Å². The number of pyridine rings is 1. The van der Waals surface area contributed by atoms with Crippen LogP contribution in [0.4, 0.5) is 16.2 Å². The predicted molar refractivity (Wildman–Crippen MR) is 134 cm³/mol. The summed E-state index contributed by atoms with van der Waals surface area (Å²) in [7, 11) is 0. The van der Waals surface area contributed by atoms with Gasteiger partial charge in [-0.15, -0.1) is 0 Å². The van der Waals surface area contributed by atoms with Crippen LogP contribution in [0.5, 0.6) is 0 Å². The van der Waals surface area contributed by atoms with Crippen molar-refractivity contribution in [2.75, 3.05) is 36.5 Å². The Bertz CT molecular complexity index is 1120. The molecule has 2 amide bonds. The molecule has 1 saturated carbocycles. The molecule has 2 N–H and O–H groups in total. The summed E-state index contributed by atoms with van der Waals surface area (Å²) in [6, 6.07) is 16.8. The summed E-state index contributed by atoms with van der Waals surface area (Å²) in [4.78, 5) is 19.9. The molecule has 1 saturated heterocycles. The quantitative estimate of drug-likeness (QED) is 0.558. The Hall–Kier alpha value is -3.12. The molecule has 1 aliphatic carbocycles. The van der Waals surface area contributed by atoms with E-state index in [4.69, 9.17) is 9.72 Å². The molecular formula is C27H32N4O2. The second-order valence-corrected chi connectivity index (χ2v) is 9.16. The van der Waals surface area contributed by atoms with Gasteiger partial charge in [0.1, 0.15) is 0 Å². The fourth-order valence-electron chi connectivity index (χ4n) is 4.82. The van der Waals surface area contributed by atoms with Crippen LogP contribution in [0.1, 0.15) is 37.7 Å². The zero-order valence-electron chi connectivity index (χ0n) is 19.3. The molecule has 3 aromatic rings. The standard InChI is InChI=1S/C27H32N4O2/c1-19-7-9-20(10-8-19)25-18-26(31-13-15-33-16-14-31)23-17-22(11-12-24(23)30-25)29-27(32)28-21-5-3-2-4-6-21/h7-12,17-18,21H,2-6,13-16H2,1H3,(H2,28,29,32). The van der Waals surface area contributed by atoms with E-state index in [9.17, 15) is 4.79 Å². The van der Waals surface area contributed by atoms with E-state index in [1.807, 2.05) is 18.2 Å². The van der Waals surface area contributed by atoms with Gasteiger partial charge in [0.25, 0.3) is 0 Å². The third-order valence-corrected chi connectivity index (χ3v) is 6.68. The first kappa shape index (κ1) is 21.7.